The van der Waals surface area contributed by atoms with Crippen molar-refractivity contribution in [3.8, 4) is 5.69 Å². The van der Waals surface area contributed by atoms with E-state index in [9.17, 15) is 9.18 Å². The highest BCUT2D eigenvalue weighted by atomic mass is 35.5. The quantitative estimate of drug-likeness (QED) is 0.680. The summed E-state index contributed by atoms with van der Waals surface area (Å²) in [6.45, 7) is 0. The molecular formula is C13H8ClFN4O2. The molecule has 0 aliphatic rings. The van der Waals surface area contributed by atoms with Gasteiger partial charge < -0.3 is 4.74 Å². The van der Waals surface area contributed by atoms with Crippen molar-refractivity contribution >= 4 is 28.6 Å². The maximum atomic E-state index is 13.0. The third kappa shape index (κ3) is 2.31. The molecule has 0 spiro atoms. The van der Waals surface area contributed by atoms with E-state index >= 15 is 0 Å². The van der Waals surface area contributed by atoms with Crippen LogP contribution in [0.3, 0.4) is 0 Å². The van der Waals surface area contributed by atoms with Crippen LogP contribution in [0.4, 0.5) is 4.39 Å². The summed E-state index contributed by atoms with van der Waals surface area (Å²) in [4.78, 5) is 19.5. The molecule has 0 fully saturated rings. The van der Waals surface area contributed by atoms with Gasteiger partial charge in [0.15, 0.2) is 10.8 Å². The van der Waals surface area contributed by atoms with Crippen molar-refractivity contribution < 1.29 is 13.9 Å². The fourth-order valence-electron chi connectivity index (χ4n) is 1.82. The second kappa shape index (κ2) is 5.10. The van der Waals surface area contributed by atoms with Gasteiger partial charge in [-0.25, -0.2) is 23.8 Å². The summed E-state index contributed by atoms with van der Waals surface area (Å²) >= 11 is 6.02. The Bertz CT molecular complexity index is 832. The molecule has 1 aromatic carbocycles. The van der Waals surface area contributed by atoms with Gasteiger partial charge in [-0.05, 0) is 24.3 Å². The minimum atomic E-state index is -0.667. The molecule has 8 heteroatoms. The molecule has 0 saturated heterocycles. The number of ether oxygens (including phenoxy) is 1. The van der Waals surface area contributed by atoms with Gasteiger partial charge in [0.05, 0.1) is 18.2 Å². The summed E-state index contributed by atoms with van der Waals surface area (Å²) in [5, 5.41) is 4.79. The van der Waals surface area contributed by atoms with Gasteiger partial charge in [0.1, 0.15) is 5.82 Å². The van der Waals surface area contributed by atoms with Crippen LogP contribution >= 0.6 is 11.6 Å². The Morgan fingerprint density at radius 3 is 2.71 bits per heavy atom. The van der Waals surface area contributed by atoms with E-state index in [0.717, 1.165) is 0 Å². The molecule has 0 bridgehead atoms. The second-order valence-corrected chi connectivity index (χ2v) is 4.46. The summed E-state index contributed by atoms with van der Waals surface area (Å²) in [7, 11) is 1.24. The van der Waals surface area contributed by atoms with Crippen molar-refractivity contribution in [2.75, 3.05) is 7.11 Å². The van der Waals surface area contributed by atoms with Crippen molar-refractivity contribution in [2.45, 2.75) is 0 Å². The number of esters is 1. The van der Waals surface area contributed by atoms with Crippen LogP contribution in [0.15, 0.2) is 30.5 Å². The summed E-state index contributed by atoms with van der Waals surface area (Å²) in [5.41, 5.74) is 0.893. The van der Waals surface area contributed by atoms with Crippen molar-refractivity contribution in [3.05, 3.63) is 47.3 Å². The fraction of sp³-hybridized carbons (Fsp3) is 0.0769. The molecule has 0 unspecified atom stereocenters. The third-order valence-electron chi connectivity index (χ3n) is 2.82. The highest BCUT2D eigenvalue weighted by Gasteiger charge is 2.16. The highest BCUT2D eigenvalue weighted by molar-refractivity contribution is 6.34. The first-order valence-electron chi connectivity index (χ1n) is 5.85. The Morgan fingerprint density at radius 2 is 2.05 bits per heavy atom. The van der Waals surface area contributed by atoms with Gasteiger partial charge in [-0.3, -0.25) is 0 Å². The van der Waals surface area contributed by atoms with E-state index in [0.29, 0.717) is 16.7 Å². The van der Waals surface area contributed by atoms with Gasteiger partial charge in [-0.1, -0.05) is 11.6 Å². The number of fused-ring (bicyclic) bond motifs is 1. The van der Waals surface area contributed by atoms with E-state index in [2.05, 4.69) is 19.8 Å². The average molecular weight is 307 g/mol. The molecule has 6 nitrogen and oxygen atoms in total. The lowest BCUT2D eigenvalue weighted by Crippen LogP contribution is -2.08. The molecule has 0 aliphatic carbocycles. The first kappa shape index (κ1) is 13.4. The van der Waals surface area contributed by atoms with E-state index in [4.69, 9.17) is 11.6 Å². The zero-order chi connectivity index (χ0) is 15.0. The first-order chi connectivity index (χ1) is 10.1. The second-order valence-electron chi connectivity index (χ2n) is 4.10. The lowest BCUT2D eigenvalue weighted by molar-refractivity contribution is 0.0587. The number of hydrogen-bond acceptors (Lipinski definition) is 5. The fourth-order valence-corrected chi connectivity index (χ4v) is 2.03. The highest BCUT2D eigenvalue weighted by Crippen LogP contribution is 2.23. The number of halogens is 2. The van der Waals surface area contributed by atoms with Crippen LogP contribution in [0.25, 0.3) is 16.7 Å². The van der Waals surface area contributed by atoms with Crippen molar-refractivity contribution in [3.63, 3.8) is 0 Å². The van der Waals surface area contributed by atoms with Crippen LogP contribution in [0.2, 0.25) is 5.15 Å². The van der Waals surface area contributed by atoms with Crippen LogP contribution in [0.1, 0.15) is 10.6 Å². The van der Waals surface area contributed by atoms with Crippen LogP contribution in [-0.4, -0.2) is 32.8 Å². The Kier molecular flexibility index (Phi) is 3.26. The third-order valence-corrected chi connectivity index (χ3v) is 3.10. The molecule has 2 aromatic heterocycles. The molecule has 3 rings (SSSR count). The van der Waals surface area contributed by atoms with Gasteiger partial charge in [-0.2, -0.15) is 5.10 Å². The van der Waals surface area contributed by atoms with Gasteiger partial charge in [0.25, 0.3) is 0 Å². The summed E-state index contributed by atoms with van der Waals surface area (Å²) < 4.78 is 19.0. The molecule has 21 heavy (non-hydrogen) atoms. The minimum absolute atomic E-state index is 0.107. The Labute approximate surface area is 123 Å². The zero-order valence-electron chi connectivity index (χ0n) is 10.7. The molecule has 0 saturated carbocycles. The Morgan fingerprint density at radius 1 is 1.33 bits per heavy atom. The van der Waals surface area contributed by atoms with E-state index < -0.39 is 5.97 Å². The van der Waals surface area contributed by atoms with E-state index in [1.165, 1.54) is 42.3 Å². The molecule has 106 valence electrons. The minimum Gasteiger partial charge on any atom is -0.463 e. The van der Waals surface area contributed by atoms with E-state index in [1.54, 1.807) is 0 Å². The number of rotatable bonds is 2. The van der Waals surface area contributed by atoms with Gasteiger partial charge >= 0.3 is 5.97 Å². The molecule has 0 amide bonds. The maximum absolute atomic E-state index is 13.0. The Balaban J connectivity index is 2.22. The van der Waals surface area contributed by atoms with Crippen LogP contribution in [-0.2, 0) is 4.74 Å². The molecule has 2 heterocycles. The molecule has 3 aromatic rings. The zero-order valence-corrected chi connectivity index (χ0v) is 11.5. The number of nitrogens with zero attached hydrogens (tertiary/aromatic N) is 4. The molecule has 0 atom stereocenters. The topological polar surface area (TPSA) is 69.9 Å². The predicted octanol–water partition coefficient (Wildman–Crippen LogP) is 2.39. The predicted molar refractivity (Wildman–Crippen MR) is 73.0 cm³/mol. The van der Waals surface area contributed by atoms with Crippen LogP contribution < -0.4 is 0 Å². The Hall–Kier alpha value is -2.54. The number of hydrogen-bond donors (Lipinski definition) is 0. The van der Waals surface area contributed by atoms with Crippen LogP contribution in [0.5, 0.6) is 0 Å². The smallest absolute Gasteiger partial charge is 0.376 e. The molecular weight excluding hydrogens is 299 g/mol. The number of carbonyl (C=O) groups is 1. The summed E-state index contributed by atoms with van der Waals surface area (Å²) in [6, 6.07) is 5.63. The summed E-state index contributed by atoms with van der Waals surface area (Å²) in [6.07, 6.45) is 1.39. The maximum Gasteiger partial charge on any atom is 0.376 e. The van der Waals surface area contributed by atoms with Crippen LogP contribution in [0, 0.1) is 5.82 Å². The lowest BCUT2D eigenvalue weighted by Gasteiger charge is -2.03. The summed E-state index contributed by atoms with van der Waals surface area (Å²) in [5.74, 6) is -1.14. The van der Waals surface area contributed by atoms with Crippen molar-refractivity contribution in [1.82, 2.24) is 19.7 Å². The monoisotopic (exact) mass is 306 g/mol. The van der Waals surface area contributed by atoms with E-state index in [1.807, 2.05) is 0 Å². The average Bonchev–Trinajstić information content (AvgIpc) is 2.84. The van der Waals surface area contributed by atoms with Gasteiger partial charge in [-0.15, -0.1) is 0 Å². The molecule has 0 radical (unpaired) electrons. The number of methoxy groups -OCH3 is 1. The van der Waals surface area contributed by atoms with E-state index in [-0.39, 0.29) is 16.8 Å². The number of benzene rings is 1. The van der Waals surface area contributed by atoms with Crippen molar-refractivity contribution in [1.29, 1.82) is 0 Å². The van der Waals surface area contributed by atoms with Crippen molar-refractivity contribution in [2.24, 2.45) is 0 Å². The van der Waals surface area contributed by atoms with Gasteiger partial charge in [0.2, 0.25) is 5.82 Å². The lowest BCUT2D eigenvalue weighted by atomic mass is 10.3. The number of carbonyl (C=O) groups excluding carboxylic acids is 1. The first-order valence-corrected chi connectivity index (χ1v) is 6.23. The SMILES string of the molecule is COC(=O)c1ncc2c(Cl)nn(-c3ccc(F)cc3)c2n1. The standard InChI is InChI=1S/C13H8ClFN4O2/c1-21-13(20)11-16-6-9-10(14)18-19(12(9)17-11)8-4-2-7(15)3-5-8/h2-6H,1H3. The van der Waals surface area contributed by atoms with Gasteiger partial charge in [0, 0.05) is 6.20 Å². The largest absolute Gasteiger partial charge is 0.463 e. The molecule has 0 aliphatic heterocycles. The number of aromatic nitrogens is 4. The molecule has 0 N–H and O–H groups in total. The normalized spacial score (nSPS) is 10.8.